The van der Waals surface area contributed by atoms with Gasteiger partial charge in [0.15, 0.2) is 6.10 Å². The van der Waals surface area contributed by atoms with Crippen LogP contribution in [0.4, 0.5) is 0 Å². The van der Waals surface area contributed by atoms with Gasteiger partial charge in [-0.15, -0.1) is 0 Å². The van der Waals surface area contributed by atoms with E-state index in [0.717, 1.165) is 83.5 Å². The molecule has 0 bridgehead atoms. The fourth-order valence-electron chi connectivity index (χ4n) is 8.44. The molecule has 0 aliphatic carbocycles. The predicted octanol–water partition coefficient (Wildman–Crippen LogP) is 17.6. The van der Waals surface area contributed by atoms with Crippen molar-refractivity contribution in [1.29, 1.82) is 0 Å². The minimum absolute atomic E-state index is 0.162. The van der Waals surface area contributed by atoms with Crippen LogP contribution in [0.1, 0.15) is 290 Å². The summed E-state index contributed by atoms with van der Waals surface area (Å²) < 4.78 is 39.5. The number of carbonyl (C=O) groups excluding carboxylic acids is 3. The number of hydrogen-bond donors (Lipinski definition) is 2. The quantitative estimate of drug-likeness (QED) is 0.0197. The molecule has 0 fully saturated rings. The number of aliphatic hydroxyl groups is 1. The second-order valence-electron chi connectivity index (χ2n) is 20.2. The summed E-state index contributed by atoms with van der Waals surface area (Å²) in [6, 6.07) is 0. The lowest BCUT2D eigenvalue weighted by Crippen LogP contribution is -2.30. The van der Waals surface area contributed by atoms with Crippen molar-refractivity contribution in [3.8, 4) is 0 Å². The fraction of sp³-hybridized carbons (Fsp3) is 0.850. The molecular formula is C60H111O11P. The number of phosphoric acid groups is 1. The average molecular weight is 1040 g/mol. The lowest BCUT2D eigenvalue weighted by Gasteiger charge is -2.21. The molecule has 0 heterocycles. The van der Waals surface area contributed by atoms with Gasteiger partial charge in [-0.3, -0.25) is 23.4 Å². The molecular weight excluding hydrogens is 928 g/mol. The molecule has 72 heavy (non-hydrogen) atoms. The lowest BCUT2D eigenvalue weighted by atomic mass is 10.1. The van der Waals surface area contributed by atoms with Crippen LogP contribution in [0.2, 0.25) is 0 Å². The highest BCUT2D eigenvalue weighted by molar-refractivity contribution is 7.47. The second-order valence-corrected chi connectivity index (χ2v) is 21.6. The smallest absolute Gasteiger partial charge is 0.462 e. The van der Waals surface area contributed by atoms with E-state index in [9.17, 15) is 28.9 Å². The molecule has 0 amide bonds. The van der Waals surface area contributed by atoms with Crippen LogP contribution < -0.4 is 0 Å². The molecule has 12 heteroatoms. The Labute approximate surface area is 441 Å². The maximum absolute atomic E-state index is 12.9. The highest BCUT2D eigenvalue weighted by Gasteiger charge is 2.28. The van der Waals surface area contributed by atoms with E-state index in [1.54, 1.807) is 0 Å². The Morgan fingerprint density at radius 2 is 0.681 bits per heavy atom. The van der Waals surface area contributed by atoms with Crippen molar-refractivity contribution in [2.45, 2.75) is 303 Å². The molecule has 2 N–H and O–H groups in total. The van der Waals surface area contributed by atoms with Crippen LogP contribution in [0.15, 0.2) is 36.5 Å². The van der Waals surface area contributed by atoms with E-state index in [2.05, 4.69) is 57.2 Å². The number of carbonyl (C=O) groups is 3. The van der Waals surface area contributed by atoms with Gasteiger partial charge in [0.25, 0.3) is 0 Å². The topological polar surface area (TPSA) is 155 Å². The van der Waals surface area contributed by atoms with Crippen molar-refractivity contribution < 1.29 is 52.2 Å². The van der Waals surface area contributed by atoms with Crippen molar-refractivity contribution in [3.05, 3.63) is 36.5 Å². The number of allylic oxidation sites excluding steroid dienone is 6. The largest absolute Gasteiger partial charge is 0.472 e. The molecule has 0 aromatic rings. The van der Waals surface area contributed by atoms with Crippen LogP contribution in [0.25, 0.3) is 0 Å². The van der Waals surface area contributed by atoms with Gasteiger partial charge in [0, 0.05) is 19.3 Å². The van der Waals surface area contributed by atoms with Gasteiger partial charge in [0.2, 0.25) is 0 Å². The van der Waals surface area contributed by atoms with E-state index in [-0.39, 0.29) is 25.9 Å². The van der Waals surface area contributed by atoms with Gasteiger partial charge in [-0.25, -0.2) is 4.57 Å². The zero-order chi connectivity index (χ0) is 52.7. The van der Waals surface area contributed by atoms with E-state index in [1.165, 1.54) is 148 Å². The molecule has 3 unspecified atom stereocenters. The first kappa shape index (κ1) is 69.7. The van der Waals surface area contributed by atoms with E-state index < -0.39 is 57.8 Å². The lowest BCUT2D eigenvalue weighted by molar-refractivity contribution is -0.161. The molecule has 11 nitrogen and oxygen atoms in total. The van der Waals surface area contributed by atoms with Gasteiger partial charge in [-0.1, -0.05) is 231 Å². The van der Waals surface area contributed by atoms with E-state index >= 15 is 0 Å². The van der Waals surface area contributed by atoms with Crippen molar-refractivity contribution >= 4 is 25.7 Å². The number of hydrogen-bond acceptors (Lipinski definition) is 10. The SMILES string of the molecule is CCCCC/C=C\C/C=C\CCCCCCCCCC(=O)OC(COC(=O)CCCCCCCCCCCCC)COP(=O)(O)OCC(CO)OC(=O)CCCCCCCCC/C=C\CCCCCCCC. The minimum Gasteiger partial charge on any atom is -0.462 e. The third-order valence-electron chi connectivity index (χ3n) is 13.0. The van der Waals surface area contributed by atoms with Crippen LogP contribution in [0.3, 0.4) is 0 Å². The Bertz CT molecular complexity index is 1350. The van der Waals surface area contributed by atoms with Gasteiger partial charge >= 0.3 is 25.7 Å². The van der Waals surface area contributed by atoms with Crippen LogP contribution >= 0.6 is 7.82 Å². The van der Waals surface area contributed by atoms with Gasteiger partial charge in [0.1, 0.15) is 12.7 Å². The van der Waals surface area contributed by atoms with Gasteiger partial charge in [-0.2, -0.15) is 0 Å². The Kier molecular flexibility index (Phi) is 53.2. The van der Waals surface area contributed by atoms with Gasteiger partial charge in [-0.05, 0) is 77.0 Å². The molecule has 0 rings (SSSR count). The summed E-state index contributed by atoms with van der Waals surface area (Å²) in [5.74, 6) is -1.46. The molecule has 0 spiro atoms. The van der Waals surface area contributed by atoms with Crippen molar-refractivity contribution in [3.63, 3.8) is 0 Å². The van der Waals surface area contributed by atoms with Gasteiger partial charge < -0.3 is 24.2 Å². The van der Waals surface area contributed by atoms with Crippen molar-refractivity contribution in [1.82, 2.24) is 0 Å². The summed E-state index contributed by atoms with van der Waals surface area (Å²) >= 11 is 0. The predicted molar refractivity (Wildman–Crippen MR) is 298 cm³/mol. The van der Waals surface area contributed by atoms with Crippen molar-refractivity contribution in [2.24, 2.45) is 0 Å². The summed E-state index contributed by atoms with van der Waals surface area (Å²) in [5.41, 5.74) is 0. The molecule has 0 aromatic heterocycles. The van der Waals surface area contributed by atoms with Crippen LogP contribution in [-0.2, 0) is 42.2 Å². The number of esters is 3. The standard InChI is InChI=1S/C60H111O11P/c1-4-7-10-13-16-19-22-24-26-28-30-32-35-38-41-44-47-50-59(63)70-56(52-61)54-68-72(65,66)69-55-57(53-67-58(62)49-46-43-40-37-34-21-18-15-12-9-6-3)71-60(64)51-48-45-42-39-36-33-31-29-27-25-23-20-17-14-11-8-5-2/h17,20,24-27,56-57,61H,4-16,18-19,21-23,28-55H2,1-3H3,(H,65,66)/b20-17-,26-24-,27-25-. The maximum atomic E-state index is 12.9. The first-order chi connectivity index (χ1) is 35.2. The summed E-state index contributed by atoms with van der Waals surface area (Å²) in [7, 11) is -4.74. The highest BCUT2D eigenvalue weighted by atomic mass is 31.2. The normalized spacial score (nSPS) is 13.6. The zero-order valence-corrected chi connectivity index (χ0v) is 47.6. The first-order valence-corrected chi connectivity index (χ1v) is 31.4. The Morgan fingerprint density at radius 3 is 1.07 bits per heavy atom. The summed E-state index contributed by atoms with van der Waals surface area (Å²) in [5, 5.41) is 9.82. The number of rotatable bonds is 56. The second kappa shape index (κ2) is 54.9. The molecule has 0 saturated heterocycles. The minimum atomic E-state index is -4.74. The maximum Gasteiger partial charge on any atom is 0.472 e. The third-order valence-corrected chi connectivity index (χ3v) is 14.0. The molecule has 422 valence electrons. The van der Waals surface area contributed by atoms with E-state index in [4.69, 9.17) is 23.3 Å². The molecule has 3 atom stereocenters. The molecule has 0 radical (unpaired) electrons. The summed E-state index contributed by atoms with van der Waals surface area (Å²) in [4.78, 5) is 48.5. The third kappa shape index (κ3) is 52.6. The van der Waals surface area contributed by atoms with Gasteiger partial charge in [0.05, 0.1) is 19.8 Å². The highest BCUT2D eigenvalue weighted by Crippen LogP contribution is 2.43. The first-order valence-electron chi connectivity index (χ1n) is 29.9. The number of aliphatic hydroxyl groups excluding tert-OH is 1. The number of unbranched alkanes of at least 4 members (excludes halogenated alkanes) is 33. The van der Waals surface area contributed by atoms with Crippen LogP contribution in [-0.4, -0.2) is 66.5 Å². The Morgan fingerprint density at radius 1 is 0.389 bits per heavy atom. The van der Waals surface area contributed by atoms with Crippen LogP contribution in [0, 0.1) is 0 Å². The number of ether oxygens (including phenoxy) is 3. The van der Waals surface area contributed by atoms with E-state index in [0.29, 0.717) is 19.3 Å². The zero-order valence-electron chi connectivity index (χ0n) is 46.7. The Balaban J connectivity index is 4.64. The van der Waals surface area contributed by atoms with Crippen LogP contribution in [0.5, 0.6) is 0 Å². The number of phosphoric ester groups is 1. The summed E-state index contributed by atoms with van der Waals surface area (Å²) in [6.45, 7) is 4.64. The fourth-order valence-corrected chi connectivity index (χ4v) is 9.23. The van der Waals surface area contributed by atoms with E-state index in [1.807, 2.05) is 0 Å². The Hall–Kier alpha value is -2.30. The molecule has 0 aliphatic heterocycles. The summed E-state index contributed by atoms with van der Waals surface area (Å²) in [6.07, 6.45) is 56.7. The monoisotopic (exact) mass is 1040 g/mol. The average Bonchev–Trinajstić information content (AvgIpc) is 3.37. The molecule has 0 saturated carbocycles. The molecule has 0 aromatic carbocycles. The van der Waals surface area contributed by atoms with Crippen molar-refractivity contribution in [2.75, 3.05) is 26.4 Å². The molecule has 0 aliphatic rings.